The van der Waals surface area contributed by atoms with Crippen LogP contribution in [-0.4, -0.2) is 18.1 Å². The summed E-state index contributed by atoms with van der Waals surface area (Å²) in [6.45, 7) is 2.09. The van der Waals surface area contributed by atoms with Gasteiger partial charge in [-0.25, -0.2) is 9.78 Å². The molecule has 0 saturated heterocycles. The molecular formula is C14H17N3O2S. The Morgan fingerprint density at radius 1 is 1.60 bits per heavy atom. The zero-order valence-corrected chi connectivity index (χ0v) is 12.2. The Balaban J connectivity index is 2.23. The van der Waals surface area contributed by atoms with Crippen LogP contribution < -0.4 is 11.1 Å². The number of thiophene rings is 1. The molecule has 1 unspecified atom stereocenters. The van der Waals surface area contributed by atoms with E-state index in [1.54, 1.807) is 17.4 Å². The Kier molecular flexibility index (Phi) is 4.57. The van der Waals surface area contributed by atoms with Crippen molar-refractivity contribution < 1.29 is 9.53 Å². The van der Waals surface area contributed by atoms with E-state index in [2.05, 4.69) is 23.3 Å². The quantitative estimate of drug-likeness (QED) is 0.828. The second-order valence-electron chi connectivity index (χ2n) is 4.27. The van der Waals surface area contributed by atoms with Crippen LogP contribution in [0, 0.1) is 0 Å². The van der Waals surface area contributed by atoms with Crippen LogP contribution in [0.25, 0.3) is 0 Å². The summed E-state index contributed by atoms with van der Waals surface area (Å²) >= 11 is 1.69. The lowest BCUT2D eigenvalue weighted by molar-refractivity contribution is 0.0602. The third-order valence-corrected chi connectivity index (χ3v) is 3.94. The molecule has 0 aromatic carbocycles. The molecule has 0 spiro atoms. The van der Waals surface area contributed by atoms with E-state index in [1.165, 1.54) is 18.2 Å². The van der Waals surface area contributed by atoms with E-state index in [-0.39, 0.29) is 6.04 Å². The van der Waals surface area contributed by atoms with Crippen LogP contribution in [0.5, 0.6) is 0 Å². The molecule has 5 nitrogen and oxygen atoms in total. The first-order chi connectivity index (χ1) is 9.65. The van der Waals surface area contributed by atoms with E-state index in [0.29, 0.717) is 17.1 Å². The van der Waals surface area contributed by atoms with Crippen LogP contribution in [0.2, 0.25) is 0 Å². The van der Waals surface area contributed by atoms with Crippen LogP contribution in [0.15, 0.2) is 29.8 Å². The second-order valence-corrected chi connectivity index (χ2v) is 5.25. The number of anilines is 2. The molecule has 2 heterocycles. The van der Waals surface area contributed by atoms with Gasteiger partial charge in [-0.3, -0.25) is 0 Å². The number of nitrogen functional groups attached to an aromatic ring is 1. The van der Waals surface area contributed by atoms with Crippen LogP contribution in [0.3, 0.4) is 0 Å². The van der Waals surface area contributed by atoms with Gasteiger partial charge in [-0.2, -0.15) is 0 Å². The fourth-order valence-electron chi connectivity index (χ4n) is 1.87. The van der Waals surface area contributed by atoms with Gasteiger partial charge in [-0.05, 0) is 23.9 Å². The molecule has 2 aromatic rings. The zero-order chi connectivity index (χ0) is 14.5. The summed E-state index contributed by atoms with van der Waals surface area (Å²) in [5.41, 5.74) is 6.37. The van der Waals surface area contributed by atoms with Crippen molar-refractivity contribution in [1.82, 2.24) is 4.98 Å². The number of ether oxygens (including phenoxy) is 1. The van der Waals surface area contributed by atoms with E-state index in [9.17, 15) is 4.79 Å². The van der Waals surface area contributed by atoms with Gasteiger partial charge < -0.3 is 15.8 Å². The average molecular weight is 291 g/mol. The highest BCUT2D eigenvalue weighted by Crippen LogP contribution is 2.26. The largest absolute Gasteiger partial charge is 0.465 e. The lowest BCUT2D eigenvalue weighted by Gasteiger charge is -2.16. The third kappa shape index (κ3) is 3.08. The van der Waals surface area contributed by atoms with Crippen molar-refractivity contribution in [2.24, 2.45) is 0 Å². The summed E-state index contributed by atoms with van der Waals surface area (Å²) in [5, 5.41) is 5.35. The Hall–Kier alpha value is -2.08. The molecular weight excluding hydrogens is 274 g/mol. The SMILES string of the molecule is CCC(Nc1cc(C(=O)OC)c(N)cn1)c1cccs1. The molecule has 2 rings (SSSR count). The summed E-state index contributed by atoms with van der Waals surface area (Å²) < 4.78 is 4.70. The number of pyridine rings is 1. The van der Waals surface area contributed by atoms with Crippen LogP contribution in [0.4, 0.5) is 11.5 Å². The van der Waals surface area contributed by atoms with Gasteiger partial charge in [-0.1, -0.05) is 13.0 Å². The number of hydrogen-bond acceptors (Lipinski definition) is 6. The minimum absolute atomic E-state index is 0.164. The topological polar surface area (TPSA) is 77.2 Å². The number of esters is 1. The number of nitrogens with two attached hydrogens (primary N) is 1. The Morgan fingerprint density at radius 3 is 3.00 bits per heavy atom. The number of carbonyl (C=O) groups is 1. The monoisotopic (exact) mass is 291 g/mol. The van der Waals surface area contributed by atoms with Gasteiger partial charge in [0.1, 0.15) is 5.82 Å². The maximum Gasteiger partial charge on any atom is 0.340 e. The summed E-state index contributed by atoms with van der Waals surface area (Å²) in [5.74, 6) is 0.150. The molecule has 0 saturated carbocycles. The number of aromatic nitrogens is 1. The predicted octanol–water partition coefficient (Wildman–Crippen LogP) is 3.08. The highest BCUT2D eigenvalue weighted by Gasteiger charge is 2.15. The standard InChI is InChI=1S/C14H17N3O2S/c1-3-11(12-5-4-6-20-12)17-13-7-9(14(18)19-2)10(15)8-16-13/h4-8,11H,3,15H2,1-2H3,(H,16,17). The molecule has 106 valence electrons. The molecule has 0 amide bonds. The zero-order valence-electron chi connectivity index (χ0n) is 11.4. The molecule has 6 heteroatoms. The van der Waals surface area contributed by atoms with Crippen molar-refractivity contribution in [2.75, 3.05) is 18.2 Å². The summed E-state index contributed by atoms with van der Waals surface area (Å²) in [6.07, 6.45) is 2.38. The maximum absolute atomic E-state index is 11.6. The molecule has 0 aliphatic rings. The van der Waals surface area contributed by atoms with E-state index in [0.717, 1.165) is 6.42 Å². The first-order valence-corrected chi connectivity index (χ1v) is 7.17. The predicted molar refractivity (Wildman–Crippen MR) is 81.0 cm³/mol. The van der Waals surface area contributed by atoms with Crippen LogP contribution in [0.1, 0.15) is 34.6 Å². The smallest absolute Gasteiger partial charge is 0.340 e. The summed E-state index contributed by atoms with van der Waals surface area (Å²) in [6, 6.07) is 5.87. The molecule has 0 bridgehead atoms. The van der Waals surface area contributed by atoms with Crippen molar-refractivity contribution in [2.45, 2.75) is 19.4 Å². The Bertz CT molecular complexity index is 584. The van der Waals surface area contributed by atoms with Gasteiger partial charge >= 0.3 is 5.97 Å². The van der Waals surface area contributed by atoms with Gasteiger partial charge in [0.25, 0.3) is 0 Å². The highest BCUT2D eigenvalue weighted by atomic mass is 32.1. The van der Waals surface area contributed by atoms with Gasteiger partial charge in [0.05, 0.1) is 30.6 Å². The lowest BCUT2D eigenvalue weighted by Crippen LogP contribution is -2.12. The van der Waals surface area contributed by atoms with E-state index >= 15 is 0 Å². The molecule has 0 aliphatic heterocycles. The first-order valence-electron chi connectivity index (χ1n) is 6.29. The van der Waals surface area contributed by atoms with Crippen molar-refractivity contribution in [3.63, 3.8) is 0 Å². The lowest BCUT2D eigenvalue weighted by atomic mass is 10.1. The van der Waals surface area contributed by atoms with E-state index in [4.69, 9.17) is 10.5 Å². The van der Waals surface area contributed by atoms with Gasteiger partial charge in [0.2, 0.25) is 0 Å². The number of carbonyl (C=O) groups excluding carboxylic acids is 1. The molecule has 3 N–H and O–H groups in total. The van der Waals surface area contributed by atoms with Crippen molar-refractivity contribution in [1.29, 1.82) is 0 Å². The second kappa shape index (κ2) is 6.38. The number of hydrogen-bond donors (Lipinski definition) is 2. The Morgan fingerprint density at radius 2 is 2.40 bits per heavy atom. The van der Waals surface area contributed by atoms with Gasteiger partial charge in [-0.15, -0.1) is 11.3 Å². The normalized spacial score (nSPS) is 11.9. The fraction of sp³-hybridized carbons (Fsp3) is 0.286. The molecule has 20 heavy (non-hydrogen) atoms. The number of nitrogens with one attached hydrogen (secondary N) is 1. The average Bonchev–Trinajstić information content (AvgIpc) is 2.99. The third-order valence-electron chi connectivity index (χ3n) is 2.96. The molecule has 0 fully saturated rings. The van der Waals surface area contributed by atoms with E-state index < -0.39 is 5.97 Å². The summed E-state index contributed by atoms with van der Waals surface area (Å²) in [4.78, 5) is 17.1. The van der Waals surface area contributed by atoms with Crippen LogP contribution in [-0.2, 0) is 4.74 Å². The number of methoxy groups -OCH3 is 1. The van der Waals surface area contributed by atoms with Crippen molar-refractivity contribution in [3.8, 4) is 0 Å². The van der Waals surface area contributed by atoms with Crippen molar-refractivity contribution >= 4 is 28.8 Å². The van der Waals surface area contributed by atoms with Crippen molar-refractivity contribution in [3.05, 3.63) is 40.2 Å². The Labute approximate surface area is 121 Å². The molecule has 0 aliphatic carbocycles. The first kappa shape index (κ1) is 14.3. The molecule has 0 radical (unpaired) electrons. The van der Waals surface area contributed by atoms with Crippen LogP contribution >= 0.6 is 11.3 Å². The number of nitrogens with zero attached hydrogens (tertiary/aromatic N) is 1. The maximum atomic E-state index is 11.6. The highest BCUT2D eigenvalue weighted by molar-refractivity contribution is 7.10. The summed E-state index contributed by atoms with van der Waals surface area (Å²) in [7, 11) is 1.33. The fourth-order valence-corrected chi connectivity index (χ4v) is 2.74. The van der Waals surface area contributed by atoms with E-state index in [1.807, 2.05) is 11.4 Å². The minimum atomic E-state index is -0.461. The molecule has 1 atom stereocenters. The van der Waals surface area contributed by atoms with Gasteiger partial charge in [0.15, 0.2) is 0 Å². The molecule has 2 aromatic heterocycles. The minimum Gasteiger partial charge on any atom is -0.465 e. The van der Waals surface area contributed by atoms with Gasteiger partial charge in [0, 0.05) is 4.88 Å². The number of rotatable bonds is 5.